The van der Waals surface area contributed by atoms with Crippen LogP contribution < -0.4 is 4.90 Å². The van der Waals surface area contributed by atoms with E-state index in [1.165, 1.54) is 4.90 Å². The molecule has 2 aliphatic rings. The summed E-state index contributed by atoms with van der Waals surface area (Å²) in [6, 6.07) is -0.140. The fourth-order valence-corrected chi connectivity index (χ4v) is 2.99. The summed E-state index contributed by atoms with van der Waals surface area (Å²) in [6.45, 7) is 6.45. The average molecular weight is 293 g/mol. The Labute approximate surface area is 122 Å². The maximum absolute atomic E-state index is 12.4. The summed E-state index contributed by atoms with van der Waals surface area (Å²) < 4.78 is 5.38. The van der Waals surface area contributed by atoms with E-state index in [0.717, 1.165) is 17.7 Å². The molecule has 1 N–H and O–H groups in total. The molecule has 0 bridgehead atoms. The lowest BCUT2D eigenvalue weighted by Crippen LogP contribution is -2.42. The molecule has 0 spiro atoms. The van der Waals surface area contributed by atoms with Crippen molar-refractivity contribution in [3.63, 3.8) is 0 Å². The Bertz CT molecular complexity index is 607. The standard InChI is InChI=1S/C14H19N3O4/c1-8-6-10-9(7-17(8)13(19)20)11(21-15-10)16-5-4-14(2,3)12(16)18/h8H,4-7H2,1-3H3,(H,19,20). The molecular weight excluding hydrogens is 274 g/mol. The van der Waals surface area contributed by atoms with Crippen LogP contribution in [0.1, 0.15) is 38.4 Å². The van der Waals surface area contributed by atoms with Crippen LogP contribution in [0.3, 0.4) is 0 Å². The summed E-state index contributed by atoms with van der Waals surface area (Å²) in [5.41, 5.74) is 1.07. The fourth-order valence-electron chi connectivity index (χ4n) is 2.99. The molecule has 0 aliphatic carbocycles. The van der Waals surface area contributed by atoms with Crippen LogP contribution >= 0.6 is 0 Å². The number of aromatic nitrogens is 1. The lowest BCUT2D eigenvalue weighted by Gasteiger charge is -2.30. The zero-order valence-corrected chi connectivity index (χ0v) is 12.4. The molecule has 21 heavy (non-hydrogen) atoms. The number of anilines is 1. The second-order valence-corrected chi connectivity index (χ2v) is 6.47. The number of fused-ring (bicyclic) bond motifs is 1. The van der Waals surface area contributed by atoms with Crippen LogP contribution in [0.5, 0.6) is 0 Å². The van der Waals surface area contributed by atoms with Gasteiger partial charge >= 0.3 is 6.09 Å². The Morgan fingerprint density at radius 1 is 1.48 bits per heavy atom. The second kappa shape index (κ2) is 4.47. The summed E-state index contributed by atoms with van der Waals surface area (Å²) in [5, 5.41) is 13.3. The molecule has 7 nitrogen and oxygen atoms in total. The molecule has 2 amide bonds. The van der Waals surface area contributed by atoms with E-state index in [9.17, 15) is 14.7 Å². The first kappa shape index (κ1) is 13.9. The van der Waals surface area contributed by atoms with Crippen LogP contribution in [-0.4, -0.2) is 39.8 Å². The monoisotopic (exact) mass is 293 g/mol. The van der Waals surface area contributed by atoms with Crippen molar-refractivity contribution in [2.45, 2.75) is 46.2 Å². The van der Waals surface area contributed by atoms with Gasteiger partial charge in [0.15, 0.2) is 0 Å². The molecule has 7 heteroatoms. The molecule has 114 valence electrons. The highest BCUT2D eigenvalue weighted by Gasteiger charge is 2.43. The maximum atomic E-state index is 12.4. The third kappa shape index (κ3) is 2.07. The highest BCUT2D eigenvalue weighted by Crippen LogP contribution is 2.38. The van der Waals surface area contributed by atoms with Gasteiger partial charge in [-0.1, -0.05) is 19.0 Å². The smallest absolute Gasteiger partial charge is 0.407 e. The number of carboxylic acid groups (broad SMARTS) is 1. The molecule has 0 aromatic carbocycles. The number of nitrogens with zero attached hydrogens (tertiary/aromatic N) is 3. The number of carbonyl (C=O) groups excluding carboxylic acids is 1. The first-order valence-electron chi connectivity index (χ1n) is 7.10. The fraction of sp³-hybridized carbons (Fsp3) is 0.643. The Kier molecular flexibility index (Phi) is 2.96. The minimum Gasteiger partial charge on any atom is -0.465 e. The highest BCUT2D eigenvalue weighted by atomic mass is 16.5. The molecular formula is C14H19N3O4. The molecule has 1 unspecified atom stereocenters. The van der Waals surface area contributed by atoms with Gasteiger partial charge in [-0.25, -0.2) is 4.79 Å². The molecule has 1 aromatic heterocycles. The van der Waals surface area contributed by atoms with Crippen molar-refractivity contribution >= 4 is 17.9 Å². The quantitative estimate of drug-likeness (QED) is 0.854. The van der Waals surface area contributed by atoms with Gasteiger partial charge in [-0.15, -0.1) is 0 Å². The Balaban J connectivity index is 1.94. The molecule has 0 radical (unpaired) electrons. The van der Waals surface area contributed by atoms with Gasteiger partial charge in [0.1, 0.15) is 0 Å². The van der Waals surface area contributed by atoms with E-state index in [1.807, 2.05) is 20.8 Å². The van der Waals surface area contributed by atoms with E-state index in [-0.39, 0.29) is 18.5 Å². The molecule has 1 fully saturated rings. The van der Waals surface area contributed by atoms with Crippen molar-refractivity contribution in [1.29, 1.82) is 0 Å². The van der Waals surface area contributed by atoms with E-state index < -0.39 is 11.5 Å². The highest BCUT2D eigenvalue weighted by molar-refractivity contribution is 5.98. The van der Waals surface area contributed by atoms with Crippen molar-refractivity contribution in [3.05, 3.63) is 11.3 Å². The van der Waals surface area contributed by atoms with E-state index in [0.29, 0.717) is 18.8 Å². The summed E-state index contributed by atoms with van der Waals surface area (Å²) >= 11 is 0. The van der Waals surface area contributed by atoms with Gasteiger partial charge in [-0.3, -0.25) is 9.69 Å². The van der Waals surface area contributed by atoms with Gasteiger partial charge in [0.2, 0.25) is 11.8 Å². The molecule has 1 atom stereocenters. The minimum absolute atomic E-state index is 0.00180. The summed E-state index contributed by atoms with van der Waals surface area (Å²) in [6.07, 6.45) is 0.296. The van der Waals surface area contributed by atoms with Crippen molar-refractivity contribution in [3.8, 4) is 0 Å². The third-order valence-corrected chi connectivity index (χ3v) is 4.47. The molecule has 1 aromatic rings. The van der Waals surface area contributed by atoms with Crippen molar-refractivity contribution < 1.29 is 19.2 Å². The largest absolute Gasteiger partial charge is 0.465 e. The number of hydrogen-bond donors (Lipinski definition) is 1. The number of carbonyl (C=O) groups is 2. The lowest BCUT2D eigenvalue weighted by atomic mass is 9.92. The molecule has 3 heterocycles. The zero-order valence-electron chi connectivity index (χ0n) is 12.4. The SMILES string of the molecule is CC1Cc2noc(N3CCC(C)(C)C3=O)c2CN1C(=O)O. The number of hydrogen-bond acceptors (Lipinski definition) is 4. The Morgan fingerprint density at radius 2 is 2.19 bits per heavy atom. The number of rotatable bonds is 1. The third-order valence-electron chi connectivity index (χ3n) is 4.47. The maximum Gasteiger partial charge on any atom is 0.407 e. The molecule has 2 aliphatic heterocycles. The topological polar surface area (TPSA) is 86.9 Å². The van der Waals surface area contributed by atoms with Crippen LogP contribution in [0.15, 0.2) is 4.52 Å². The van der Waals surface area contributed by atoms with Gasteiger partial charge in [0.05, 0.1) is 17.8 Å². The Hall–Kier alpha value is -2.05. The molecule has 0 saturated carbocycles. The first-order chi connectivity index (χ1) is 9.81. The molecule has 3 rings (SSSR count). The van der Waals surface area contributed by atoms with E-state index in [1.54, 1.807) is 4.90 Å². The van der Waals surface area contributed by atoms with Crippen molar-refractivity contribution in [2.75, 3.05) is 11.4 Å². The van der Waals surface area contributed by atoms with Gasteiger partial charge in [-0.05, 0) is 13.3 Å². The summed E-state index contributed by atoms with van der Waals surface area (Å²) in [5.74, 6) is 0.417. The average Bonchev–Trinajstić information content (AvgIpc) is 2.90. The second-order valence-electron chi connectivity index (χ2n) is 6.47. The molecule has 1 saturated heterocycles. The van der Waals surface area contributed by atoms with Crippen molar-refractivity contribution in [1.82, 2.24) is 10.1 Å². The summed E-state index contributed by atoms with van der Waals surface area (Å²) in [4.78, 5) is 26.6. The summed E-state index contributed by atoms with van der Waals surface area (Å²) in [7, 11) is 0. The van der Waals surface area contributed by atoms with Gasteiger partial charge in [0.25, 0.3) is 0 Å². The van der Waals surface area contributed by atoms with E-state index in [4.69, 9.17) is 4.52 Å². The van der Waals surface area contributed by atoms with Crippen LogP contribution in [-0.2, 0) is 17.8 Å². The minimum atomic E-state index is -0.964. The van der Waals surface area contributed by atoms with Crippen LogP contribution in [0.2, 0.25) is 0 Å². The Morgan fingerprint density at radius 3 is 2.76 bits per heavy atom. The van der Waals surface area contributed by atoms with Crippen LogP contribution in [0, 0.1) is 5.41 Å². The van der Waals surface area contributed by atoms with Gasteiger partial charge in [0, 0.05) is 24.4 Å². The normalized spacial score (nSPS) is 24.3. The van der Waals surface area contributed by atoms with Gasteiger partial charge in [-0.2, -0.15) is 0 Å². The van der Waals surface area contributed by atoms with Crippen LogP contribution in [0.25, 0.3) is 0 Å². The number of amides is 2. The predicted octanol–water partition coefficient (Wildman–Crippen LogP) is 1.86. The van der Waals surface area contributed by atoms with Crippen LogP contribution in [0.4, 0.5) is 10.7 Å². The van der Waals surface area contributed by atoms with E-state index in [2.05, 4.69) is 5.16 Å². The van der Waals surface area contributed by atoms with E-state index >= 15 is 0 Å². The zero-order chi connectivity index (χ0) is 15.4. The van der Waals surface area contributed by atoms with Crippen molar-refractivity contribution in [2.24, 2.45) is 5.41 Å². The lowest BCUT2D eigenvalue weighted by molar-refractivity contribution is -0.124. The predicted molar refractivity (Wildman–Crippen MR) is 74.0 cm³/mol. The first-order valence-corrected chi connectivity index (χ1v) is 7.10. The van der Waals surface area contributed by atoms with Gasteiger partial charge < -0.3 is 14.5 Å².